The highest BCUT2D eigenvalue weighted by atomic mass is 31.2. The van der Waals surface area contributed by atoms with E-state index in [0.29, 0.717) is 25.7 Å². The first kappa shape index (κ1) is 94.1. The Kier molecular flexibility index (Phi) is 65.0. The highest BCUT2D eigenvalue weighted by molar-refractivity contribution is 7.47. The standard InChI is InChI=1S/C77H150O17P2/c1-9-69(7)55-47-39-31-27-28-34-44-52-60-77(82)94-73(64-88-75(80)58-50-42-36-35-40-48-56-70(8)10-2)66-92-96(85,86)90-62-71(78)61-89-95(83,84)91-65-72(93-76(81)59-51-43-33-26-22-18-14-16-20-24-30-38-46-54-68(5)6)63-87-74(79)57-49-41-32-25-21-17-13-11-12-15-19-23-29-37-45-53-67(3)4/h67-73,78H,9-66H2,1-8H3,(H,83,84)(H,85,86)/t69?,70?,71-,72-,73-/m1/s1. The molecule has 17 nitrogen and oxygen atoms in total. The summed E-state index contributed by atoms with van der Waals surface area (Å²) in [6.45, 7) is 14.2. The summed E-state index contributed by atoms with van der Waals surface area (Å²) in [6, 6.07) is 0. The van der Waals surface area contributed by atoms with E-state index in [0.717, 1.165) is 120 Å². The average molecular weight is 1410 g/mol. The summed E-state index contributed by atoms with van der Waals surface area (Å²) in [5.41, 5.74) is 0. The summed E-state index contributed by atoms with van der Waals surface area (Å²) in [6.07, 6.45) is 51.3. The molecule has 0 bridgehead atoms. The van der Waals surface area contributed by atoms with Crippen molar-refractivity contribution in [1.29, 1.82) is 0 Å². The third-order valence-corrected chi connectivity index (χ3v) is 20.4. The van der Waals surface area contributed by atoms with E-state index in [-0.39, 0.29) is 25.7 Å². The molecule has 0 spiro atoms. The zero-order chi connectivity index (χ0) is 71.0. The molecule has 0 amide bonds. The number of aliphatic hydroxyl groups excluding tert-OH is 1. The van der Waals surface area contributed by atoms with Gasteiger partial charge in [0.15, 0.2) is 12.2 Å². The van der Waals surface area contributed by atoms with Gasteiger partial charge in [0.25, 0.3) is 0 Å². The van der Waals surface area contributed by atoms with E-state index in [1.165, 1.54) is 186 Å². The molecule has 7 atom stereocenters. The first-order valence-corrected chi connectivity index (χ1v) is 42.8. The second-order valence-electron chi connectivity index (χ2n) is 29.2. The molecule has 0 aliphatic carbocycles. The second-order valence-corrected chi connectivity index (χ2v) is 32.1. The lowest BCUT2D eigenvalue weighted by Crippen LogP contribution is -2.30. The van der Waals surface area contributed by atoms with Crippen LogP contribution >= 0.6 is 15.6 Å². The summed E-state index contributed by atoms with van der Waals surface area (Å²) < 4.78 is 68.6. The maximum absolute atomic E-state index is 13.1. The van der Waals surface area contributed by atoms with Crippen molar-refractivity contribution in [1.82, 2.24) is 0 Å². The Bertz CT molecular complexity index is 1890. The topological polar surface area (TPSA) is 237 Å². The zero-order valence-corrected chi connectivity index (χ0v) is 64.8. The molecule has 0 rings (SSSR count). The molecule has 0 aliphatic rings. The van der Waals surface area contributed by atoms with Crippen LogP contribution in [0.1, 0.15) is 389 Å². The molecule has 570 valence electrons. The summed E-state index contributed by atoms with van der Waals surface area (Å²) in [5.74, 6) is 0.972. The average Bonchev–Trinajstić information content (AvgIpc) is 1.61. The molecule has 19 heteroatoms. The Hall–Kier alpha value is -1.94. The molecule has 0 radical (unpaired) electrons. The Morgan fingerprint density at radius 2 is 0.500 bits per heavy atom. The smallest absolute Gasteiger partial charge is 0.462 e. The summed E-state index contributed by atoms with van der Waals surface area (Å²) >= 11 is 0. The first-order valence-electron chi connectivity index (χ1n) is 39.8. The molecule has 96 heavy (non-hydrogen) atoms. The monoisotopic (exact) mass is 1410 g/mol. The molecule has 0 aliphatic heterocycles. The van der Waals surface area contributed by atoms with Gasteiger partial charge in [0.1, 0.15) is 19.3 Å². The maximum Gasteiger partial charge on any atom is 0.472 e. The van der Waals surface area contributed by atoms with E-state index in [1.807, 2.05) is 0 Å². The molecule has 0 fully saturated rings. The van der Waals surface area contributed by atoms with Gasteiger partial charge >= 0.3 is 39.5 Å². The molecular weight excluding hydrogens is 1260 g/mol. The van der Waals surface area contributed by atoms with Gasteiger partial charge in [-0.25, -0.2) is 9.13 Å². The van der Waals surface area contributed by atoms with Crippen LogP contribution in [-0.4, -0.2) is 96.7 Å². The van der Waals surface area contributed by atoms with Gasteiger partial charge in [-0.15, -0.1) is 0 Å². The largest absolute Gasteiger partial charge is 0.472 e. The fourth-order valence-electron chi connectivity index (χ4n) is 11.7. The summed E-state index contributed by atoms with van der Waals surface area (Å²) in [7, 11) is -9.92. The number of hydrogen-bond donors (Lipinski definition) is 3. The highest BCUT2D eigenvalue weighted by Gasteiger charge is 2.30. The third kappa shape index (κ3) is 67.9. The van der Waals surface area contributed by atoms with Crippen molar-refractivity contribution >= 4 is 39.5 Å². The third-order valence-electron chi connectivity index (χ3n) is 18.5. The van der Waals surface area contributed by atoms with Crippen LogP contribution in [0.3, 0.4) is 0 Å². The molecule has 0 saturated carbocycles. The van der Waals surface area contributed by atoms with Crippen molar-refractivity contribution in [3.8, 4) is 0 Å². The van der Waals surface area contributed by atoms with Crippen LogP contribution in [0.15, 0.2) is 0 Å². The van der Waals surface area contributed by atoms with E-state index in [1.54, 1.807) is 0 Å². The number of phosphoric acid groups is 2. The van der Waals surface area contributed by atoms with Crippen LogP contribution in [0, 0.1) is 23.7 Å². The van der Waals surface area contributed by atoms with Gasteiger partial charge in [-0.05, 0) is 49.4 Å². The Labute approximate surface area is 588 Å². The number of esters is 4. The van der Waals surface area contributed by atoms with Crippen molar-refractivity contribution in [3.63, 3.8) is 0 Å². The summed E-state index contributed by atoms with van der Waals surface area (Å²) in [4.78, 5) is 72.8. The predicted molar refractivity (Wildman–Crippen MR) is 391 cm³/mol. The van der Waals surface area contributed by atoms with Crippen LogP contribution in [0.5, 0.6) is 0 Å². The van der Waals surface area contributed by atoms with E-state index >= 15 is 0 Å². The fraction of sp³-hybridized carbons (Fsp3) is 0.948. The minimum atomic E-state index is -4.96. The predicted octanol–water partition coefficient (Wildman–Crippen LogP) is 22.4. The number of carbonyl (C=O) groups is 4. The van der Waals surface area contributed by atoms with Crippen LogP contribution in [-0.2, 0) is 65.4 Å². The van der Waals surface area contributed by atoms with E-state index < -0.39 is 97.5 Å². The molecular formula is C77H150O17P2. The molecule has 0 aromatic rings. The maximum atomic E-state index is 13.1. The van der Waals surface area contributed by atoms with Crippen LogP contribution in [0.4, 0.5) is 0 Å². The zero-order valence-electron chi connectivity index (χ0n) is 63.0. The minimum absolute atomic E-state index is 0.104. The molecule has 0 aromatic heterocycles. The van der Waals surface area contributed by atoms with Gasteiger partial charge in [-0.2, -0.15) is 0 Å². The minimum Gasteiger partial charge on any atom is -0.462 e. The summed E-state index contributed by atoms with van der Waals surface area (Å²) in [5, 5.41) is 10.6. The van der Waals surface area contributed by atoms with Gasteiger partial charge in [0.05, 0.1) is 26.4 Å². The van der Waals surface area contributed by atoms with Gasteiger partial charge < -0.3 is 33.8 Å². The second kappa shape index (κ2) is 66.3. The molecule has 0 aromatic carbocycles. The molecule has 0 saturated heterocycles. The van der Waals surface area contributed by atoms with Crippen LogP contribution < -0.4 is 0 Å². The van der Waals surface area contributed by atoms with Crippen molar-refractivity contribution < 1.29 is 80.2 Å². The fourth-order valence-corrected chi connectivity index (χ4v) is 13.2. The molecule has 4 unspecified atom stereocenters. The number of hydrogen-bond acceptors (Lipinski definition) is 15. The van der Waals surface area contributed by atoms with Gasteiger partial charge in [-0.3, -0.25) is 37.3 Å². The number of phosphoric ester groups is 2. The molecule has 0 heterocycles. The van der Waals surface area contributed by atoms with Crippen molar-refractivity contribution in [3.05, 3.63) is 0 Å². The lowest BCUT2D eigenvalue weighted by Gasteiger charge is -2.21. The Balaban J connectivity index is 5.25. The number of unbranched alkanes of at least 4 members (excludes halogenated alkanes) is 38. The van der Waals surface area contributed by atoms with Crippen molar-refractivity contribution in [2.24, 2.45) is 23.7 Å². The van der Waals surface area contributed by atoms with E-state index in [9.17, 15) is 43.2 Å². The van der Waals surface area contributed by atoms with Crippen molar-refractivity contribution in [2.45, 2.75) is 408 Å². The first-order chi connectivity index (χ1) is 46.2. The lowest BCUT2D eigenvalue weighted by molar-refractivity contribution is -0.161. The Morgan fingerprint density at radius 1 is 0.292 bits per heavy atom. The highest BCUT2D eigenvalue weighted by Crippen LogP contribution is 2.45. The molecule has 3 N–H and O–H groups in total. The lowest BCUT2D eigenvalue weighted by atomic mass is 9.99. The number of ether oxygens (including phenoxy) is 4. The SMILES string of the molecule is CCC(C)CCCCCCCCCCC(=O)O[C@H](COC(=O)CCCCCCCCC(C)CC)COP(=O)(O)OC[C@H](O)COP(=O)(O)OC[C@@H](COC(=O)CCCCCCCCCCCCCCCCCC(C)C)OC(=O)CCCCCCCCCCCCCCCC(C)C. The van der Waals surface area contributed by atoms with E-state index in [2.05, 4.69) is 55.4 Å². The number of carbonyl (C=O) groups excluding carboxylic acids is 4. The van der Waals surface area contributed by atoms with Gasteiger partial charge in [-0.1, -0.05) is 338 Å². The van der Waals surface area contributed by atoms with E-state index in [4.69, 9.17) is 37.0 Å². The quantitative estimate of drug-likeness (QED) is 0.0222. The van der Waals surface area contributed by atoms with Crippen molar-refractivity contribution in [2.75, 3.05) is 39.6 Å². The Morgan fingerprint density at radius 3 is 0.740 bits per heavy atom. The van der Waals surface area contributed by atoms with Crippen LogP contribution in [0.25, 0.3) is 0 Å². The van der Waals surface area contributed by atoms with Gasteiger partial charge in [0, 0.05) is 25.7 Å². The van der Waals surface area contributed by atoms with Crippen LogP contribution in [0.2, 0.25) is 0 Å². The van der Waals surface area contributed by atoms with Gasteiger partial charge in [0.2, 0.25) is 0 Å². The normalized spacial score (nSPS) is 14.7. The number of rotatable bonds is 74. The number of aliphatic hydroxyl groups is 1.